The Kier molecular flexibility index (Phi) is 4.03. The van der Waals surface area contributed by atoms with E-state index < -0.39 is 0 Å². The van der Waals surface area contributed by atoms with Gasteiger partial charge in [0.15, 0.2) is 0 Å². The second-order valence-corrected chi connectivity index (χ2v) is 6.96. The highest BCUT2D eigenvalue weighted by Gasteiger charge is 2.54. The van der Waals surface area contributed by atoms with Crippen molar-refractivity contribution in [3.63, 3.8) is 0 Å². The highest BCUT2D eigenvalue weighted by atomic mass is 16.5. The van der Waals surface area contributed by atoms with E-state index in [4.69, 9.17) is 9.47 Å². The summed E-state index contributed by atoms with van der Waals surface area (Å²) in [6.45, 7) is 3.84. The quantitative estimate of drug-likeness (QED) is 0.744. The van der Waals surface area contributed by atoms with E-state index in [0.29, 0.717) is 24.7 Å². The van der Waals surface area contributed by atoms with Gasteiger partial charge in [0, 0.05) is 32.2 Å². The van der Waals surface area contributed by atoms with Crippen molar-refractivity contribution in [2.45, 2.75) is 31.3 Å². The topological polar surface area (TPSA) is 64.6 Å². The van der Waals surface area contributed by atoms with Crippen molar-refractivity contribution in [1.82, 2.24) is 14.9 Å². The smallest absolute Gasteiger partial charge is 0.274 e. The summed E-state index contributed by atoms with van der Waals surface area (Å²) in [6, 6.07) is 0. The third kappa shape index (κ3) is 3.10. The van der Waals surface area contributed by atoms with Crippen LogP contribution in [0.25, 0.3) is 0 Å². The predicted octanol–water partition coefficient (Wildman–Crippen LogP) is 1.52. The average molecular weight is 317 g/mol. The van der Waals surface area contributed by atoms with E-state index in [1.54, 1.807) is 12.4 Å². The minimum absolute atomic E-state index is 0.0528. The summed E-state index contributed by atoms with van der Waals surface area (Å²) in [7, 11) is 0. The normalized spacial score (nSPS) is 25.6. The monoisotopic (exact) mass is 317 g/mol. The lowest BCUT2D eigenvalue weighted by Crippen LogP contribution is -2.66. The Labute approximate surface area is 136 Å². The van der Waals surface area contributed by atoms with Crippen LogP contribution in [0.5, 0.6) is 0 Å². The maximum absolute atomic E-state index is 12.4. The summed E-state index contributed by atoms with van der Waals surface area (Å²) in [6.07, 6.45) is 9.40. The fraction of sp³-hybridized carbons (Fsp3) is 0.706. The zero-order valence-corrected chi connectivity index (χ0v) is 13.3. The molecule has 0 N–H and O–H groups in total. The first-order valence-electron chi connectivity index (χ1n) is 8.54. The summed E-state index contributed by atoms with van der Waals surface area (Å²) in [5.41, 5.74) is 0.255. The van der Waals surface area contributed by atoms with Crippen molar-refractivity contribution in [1.29, 1.82) is 0 Å². The van der Waals surface area contributed by atoms with Gasteiger partial charge >= 0.3 is 0 Å². The molecule has 1 aromatic heterocycles. The number of hydrogen-bond acceptors (Lipinski definition) is 5. The van der Waals surface area contributed by atoms with Crippen LogP contribution in [0.3, 0.4) is 0 Å². The molecule has 0 radical (unpaired) electrons. The number of hydrogen-bond donors (Lipinski definition) is 0. The van der Waals surface area contributed by atoms with Gasteiger partial charge in [0.1, 0.15) is 11.3 Å². The molecule has 4 rings (SSSR count). The molecule has 3 fully saturated rings. The van der Waals surface area contributed by atoms with Gasteiger partial charge in [0.25, 0.3) is 5.91 Å². The van der Waals surface area contributed by atoms with Gasteiger partial charge in [-0.3, -0.25) is 9.78 Å². The lowest BCUT2D eigenvalue weighted by molar-refractivity contribution is -0.120. The molecule has 1 aliphatic carbocycles. The summed E-state index contributed by atoms with van der Waals surface area (Å²) in [5, 5.41) is 0. The maximum Gasteiger partial charge on any atom is 0.274 e. The van der Waals surface area contributed by atoms with Crippen LogP contribution >= 0.6 is 0 Å². The first-order chi connectivity index (χ1) is 11.3. The van der Waals surface area contributed by atoms with Gasteiger partial charge in [-0.1, -0.05) is 0 Å². The summed E-state index contributed by atoms with van der Waals surface area (Å²) >= 11 is 0. The van der Waals surface area contributed by atoms with Crippen molar-refractivity contribution < 1.29 is 14.3 Å². The van der Waals surface area contributed by atoms with Gasteiger partial charge in [-0.2, -0.15) is 0 Å². The zero-order valence-electron chi connectivity index (χ0n) is 13.3. The van der Waals surface area contributed by atoms with Crippen molar-refractivity contribution in [2.75, 3.05) is 32.9 Å². The van der Waals surface area contributed by atoms with Crippen LogP contribution in [0.4, 0.5) is 0 Å². The van der Waals surface area contributed by atoms with E-state index in [2.05, 4.69) is 9.97 Å². The molecular formula is C17H23N3O3. The Balaban J connectivity index is 1.28. The third-order valence-corrected chi connectivity index (χ3v) is 5.25. The van der Waals surface area contributed by atoms with Crippen molar-refractivity contribution in [3.8, 4) is 0 Å². The number of nitrogens with zero attached hydrogens (tertiary/aromatic N) is 3. The minimum atomic E-state index is -0.152. The van der Waals surface area contributed by atoms with Crippen LogP contribution in [0.1, 0.15) is 36.2 Å². The molecule has 6 nitrogen and oxygen atoms in total. The van der Waals surface area contributed by atoms with Crippen LogP contribution < -0.4 is 0 Å². The van der Waals surface area contributed by atoms with Crippen LogP contribution in [0, 0.1) is 11.8 Å². The second kappa shape index (κ2) is 6.17. The van der Waals surface area contributed by atoms with Crippen LogP contribution in [-0.2, 0) is 9.47 Å². The molecule has 2 saturated heterocycles. The molecule has 1 amide bonds. The predicted molar refractivity (Wildman–Crippen MR) is 82.9 cm³/mol. The maximum atomic E-state index is 12.4. The molecule has 6 heteroatoms. The van der Waals surface area contributed by atoms with Crippen molar-refractivity contribution >= 4 is 5.91 Å². The van der Waals surface area contributed by atoms with E-state index in [0.717, 1.165) is 38.6 Å². The molecular weight excluding hydrogens is 294 g/mol. The molecule has 1 atom stereocenters. The van der Waals surface area contributed by atoms with Gasteiger partial charge in [0.05, 0.1) is 19.3 Å². The molecule has 3 aliphatic rings. The van der Waals surface area contributed by atoms with Gasteiger partial charge < -0.3 is 14.4 Å². The lowest BCUT2D eigenvalue weighted by Gasteiger charge is -2.50. The van der Waals surface area contributed by atoms with Crippen molar-refractivity contribution in [3.05, 3.63) is 24.3 Å². The molecule has 0 bridgehead atoms. The van der Waals surface area contributed by atoms with Crippen LogP contribution in [-0.4, -0.2) is 59.3 Å². The average Bonchev–Trinajstić information content (AvgIpc) is 3.28. The third-order valence-electron chi connectivity index (χ3n) is 5.25. The van der Waals surface area contributed by atoms with Gasteiger partial charge in [-0.05, 0) is 37.5 Å². The second-order valence-electron chi connectivity index (χ2n) is 6.96. The molecule has 3 heterocycles. The van der Waals surface area contributed by atoms with E-state index in [9.17, 15) is 4.79 Å². The molecule has 1 saturated carbocycles. The highest BCUT2D eigenvalue weighted by molar-refractivity contribution is 5.92. The Morgan fingerprint density at radius 2 is 2.22 bits per heavy atom. The number of aromatic nitrogens is 2. The number of likely N-dealkylation sites (tertiary alicyclic amines) is 1. The first-order valence-corrected chi connectivity index (χ1v) is 8.54. The molecule has 2 aliphatic heterocycles. The fourth-order valence-electron chi connectivity index (χ4n) is 3.62. The van der Waals surface area contributed by atoms with Gasteiger partial charge in [-0.15, -0.1) is 0 Å². The first kappa shape index (κ1) is 15.0. The lowest BCUT2D eigenvalue weighted by atomic mass is 9.79. The Morgan fingerprint density at radius 3 is 2.96 bits per heavy atom. The number of carbonyl (C=O) groups is 1. The van der Waals surface area contributed by atoms with Crippen molar-refractivity contribution in [2.24, 2.45) is 11.8 Å². The Morgan fingerprint density at radius 1 is 1.35 bits per heavy atom. The SMILES string of the molecule is O=C(c1cnccn1)N1CC2(C1)OCCC2CCOCC1CC1. The summed E-state index contributed by atoms with van der Waals surface area (Å²) in [5.74, 6) is 1.25. The molecule has 23 heavy (non-hydrogen) atoms. The molecule has 0 aromatic carbocycles. The van der Waals surface area contributed by atoms with E-state index in [-0.39, 0.29) is 11.5 Å². The van der Waals surface area contributed by atoms with Crippen LogP contribution in [0.15, 0.2) is 18.6 Å². The van der Waals surface area contributed by atoms with E-state index >= 15 is 0 Å². The number of carbonyl (C=O) groups excluding carboxylic acids is 1. The molecule has 1 unspecified atom stereocenters. The minimum Gasteiger partial charge on any atom is -0.381 e. The standard InChI is InChI=1S/C17H23N3O3/c21-16(15-9-18-5-6-19-15)20-11-17(12-20)14(4-8-23-17)3-7-22-10-13-1-2-13/h5-6,9,13-14H,1-4,7-8,10-12H2. The zero-order chi connectivity index (χ0) is 15.7. The Hall–Kier alpha value is -1.53. The molecule has 124 valence electrons. The molecule has 1 spiro atoms. The van der Waals surface area contributed by atoms with Crippen LogP contribution in [0.2, 0.25) is 0 Å². The highest BCUT2D eigenvalue weighted by Crippen LogP contribution is 2.42. The number of ether oxygens (including phenoxy) is 2. The number of amides is 1. The Bertz CT molecular complexity index is 555. The summed E-state index contributed by atoms with van der Waals surface area (Å²) in [4.78, 5) is 22.2. The number of rotatable bonds is 6. The molecule has 1 aromatic rings. The van der Waals surface area contributed by atoms with E-state index in [1.165, 1.54) is 19.0 Å². The fourth-order valence-corrected chi connectivity index (χ4v) is 3.62. The summed E-state index contributed by atoms with van der Waals surface area (Å²) < 4.78 is 11.8. The van der Waals surface area contributed by atoms with Gasteiger partial charge in [-0.25, -0.2) is 4.98 Å². The van der Waals surface area contributed by atoms with Gasteiger partial charge in [0.2, 0.25) is 0 Å². The largest absolute Gasteiger partial charge is 0.381 e. The van der Waals surface area contributed by atoms with E-state index in [1.807, 2.05) is 4.90 Å².